The number of aliphatic imine (C=N–C) groups is 1. The summed E-state index contributed by atoms with van der Waals surface area (Å²) in [5.74, 6) is 2.05. The molecule has 1 aromatic carbocycles. The SMILES string of the molecule is CCNC(=NCCS(=O)c1ccccc1)N1CCC(C)C(n2ccnc2)C1. The normalized spacial score (nSPS) is 21.9. The topological polar surface area (TPSA) is 62.5 Å². The highest BCUT2D eigenvalue weighted by Gasteiger charge is 2.28. The van der Waals surface area contributed by atoms with E-state index in [1.54, 1.807) is 0 Å². The van der Waals surface area contributed by atoms with E-state index in [9.17, 15) is 4.21 Å². The van der Waals surface area contributed by atoms with Crippen molar-refractivity contribution in [2.75, 3.05) is 31.9 Å². The maximum Gasteiger partial charge on any atom is 0.194 e. The Labute approximate surface area is 164 Å². The molecule has 1 saturated heterocycles. The molecule has 0 radical (unpaired) electrons. The molecule has 0 amide bonds. The second-order valence-corrected chi connectivity index (χ2v) is 8.46. The van der Waals surface area contributed by atoms with E-state index in [2.05, 4.69) is 33.6 Å². The number of nitrogens with zero attached hydrogens (tertiary/aromatic N) is 4. The molecule has 2 aromatic rings. The summed E-state index contributed by atoms with van der Waals surface area (Å²) in [6.07, 6.45) is 6.89. The van der Waals surface area contributed by atoms with Gasteiger partial charge < -0.3 is 14.8 Å². The molecule has 27 heavy (non-hydrogen) atoms. The van der Waals surface area contributed by atoms with Crippen LogP contribution >= 0.6 is 0 Å². The lowest BCUT2D eigenvalue weighted by molar-refractivity contribution is 0.189. The van der Waals surface area contributed by atoms with E-state index in [4.69, 9.17) is 4.99 Å². The average Bonchev–Trinajstić information content (AvgIpc) is 3.23. The molecule has 7 heteroatoms. The molecule has 6 nitrogen and oxygen atoms in total. The number of rotatable bonds is 6. The van der Waals surface area contributed by atoms with Crippen molar-refractivity contribution in [2.45, 2.75) is 31.2 Å². The Morgan fingerprint density at radius 2 is 2.19 bits per heavy atom. The molecule has 146 valence electrons. The van der Waals surface area contributed by atoms with E-state index in [1.165, 1.54) is 0 Å². The van der Waals surface area contributed by atoms with Gasteiger partial charge >= 0.3 is 0 Å². The van der Waals surface area contributed by atoms with Crippen molar-refractivity contribution in [1.29, 1.82) is 0 Å². The lowest BCUT2D eigenvalue weighted by Gasteiger charge is -2.39. The first-order valence-corrected chi connectivity index (χ1v) is 10.9. The van der Waals surface area contributed by atoms with Crippen LogP contribution in [0.5, 0.6) is 0 Å². The maximum atomic E-state index is 12.4. The van der Waals surface area contributed by atoms with Crippen molar-refractivity contribution in [2.24, 2.45) is 10.9 Å². The summed E-state index contributed by atoms with van der Waals surface area (Å²) in [6.45, 7) is 7.64. The quantitative estimate of drug-likeness (QED) is 0.611. The van der Waals surface area contributed by atoms with Gasteiger partial charge in [-0.2, -0.15) is 0 Å². The predicted octanol–water partition coefficient (Wildman–Crippen LogP) is 2.54. The Hall–Kier alpha value is -2.15. The minimum absolute atomic E-state index is 0.392. The summed E-state index contributed by atoms with van der Waals surface area (Å²) in [5.41, 5.74) is 0. The summed E-state index contributed by atoms with van der Waals surface area (Å²) in [6, 6.07) is 10.00. The van der Waals surface area contributed by atoms with Crippen LogP contribution < -0.4 is 5.32 Å². The molecule has 3 unspecified atom stereocenters. The zero-order valence-corrected chi connectivity index (χ0v) is 16.9. The van der Waals surface area contributed by atoms with Gasteiger partial charge in [0, 0.05) is 42.7 Å². The van der Waals surface area contributed by atoms with Gasteiger partial charge in [0.15, 0.2) is 5.96 Å². The van der Waals surface area contributed by atoms with Gasteiger partial charge in [-0.15, -0.1) is 0 Å². The van der Waals surface area contributed by atoms with Gasteiger partial charge in [-0.3, -0.25) is 9.20 Å². The van der Waals surface area contributed by atoms with Gasteiger partial charge in [-0.05, 0) is 31.4 Å². The first kappa shape index (κ1) is 19.6. The van der Waals surface area contributed by atoms with Crippen LogP contribution in [0.2, 0.25) is 0 Å². The number of piperidine rings is 1. The van der Waals surface area contributed by atoms with E-state index in [1.807, 2.05) is 49.1 Å². The Morgan fingerprint density at radius 1 is 1.37 bits per heavy atom. The van der Waals surface area contributed by atoms with Crippen molar-refractivity contribution >= 4 is 16.8 Å². The Balaban J connectivity index is 1.63. The molecule has 1 fully saturated rings. The van der Waals surface area contributed by atoms with Crippen LogP contribution in [0.4, 0.5) is 0 Å². The molecule has 0 bridgehead atoms. The number of aromatic nitrogens is 2. The molecule has 0 saturated carbocycles. The third kappa shape index (κ3) is 5.19. The van der Waals surface area contributed by atoms with Gasteiger partial charge in [-0.25, -0.2) is 4.98 Å². The molecule has 1 aliphatic rings. The Kier molecular flexibility index (Phi) is 7.04. The molecule has 0 spiro atoms. The number of guanidine groups is 1. The first-order chi connectivity index (χ1) is 13.2. The van der Waals surface area contributed by atoms with Gasteiger partial charge in [0.25, 0.3) is 0 Å². The molecule has 2 heterocycles. The number of hydrogen-bond acceptors (Lipinski definition) is 3. The van der Waals surface area contributed by atoms with E-state index in [-0.39, 0.29) is 0 Å². The molecule has 1 N–H and O–H groups in total. The molecule has 0 aliphatic carbocycles. The summed E-state index contributed by atoms with van der Waals surface area (Å²) < 4.78 is 14.6. The van der Waals surface area contributed by atoms with Crippen LogP contribution in [0.3, 0.4) is 0 Å². The number of imidazole rings is 1. The lowest BCUT2D eigenvalue weighted by Crippen LogP contribution is -2.49. The van der Waals surface area contributed by atoms with Gasteiger partial charge in [0.1, 0.15) is 0 Å². The smallest absolute Gasteiger partial charge is 0.194 e. The second kappa shape index (κ2) is 9.69. The highest BCUT2D eigenvalue weighted by Crippen LogP contribution is 2.27. The minimum atomic E-state index is -1.01. The monoisotopic (exact) mass is 387 g/mol. The first-order valence-electron chi connectivity index (χ1n) is 9.63. The van der Waals surface area contributed by atoms with Gasteiger partial charge in [0.05, 0.1) is 29.7 Å². The van der Waals surface area contributed by atoms with Crippen molar-refractivity contribution in [3.8, 4) is 0 Å². The van der Waals surface area contributed by atoms with Crippen LogP contribution in [0.25, 0.3) is 0 Å². The van der Waals surface area contributed by atoms with Crippen molar-refractivity contribution in [3.63, 3.8) is 0 Å². The zero-order valence-electron chi connectivity index (χ0n) is 16.1. The fourth-order valence-corrected chi connectivity index (χ4v) is 4.40. The number of benzene rings is 1. The standard InChI is InChI=1S/C20H29N5OS/c1-3-22-20(23-11-14-27(26)18-7-5-4-6-8-18)24-12-9-17(2)19(15-24)25-13-10-21-16-25/h4-8,10,13,16-17,19H,3,9,11-12,14-15H2,1-2H3,(H,22,23). The average molecular weight is 388 g/mol. The van der Waals surface area contributed by atoms with Crippen LogP contribution in [0.15, 0.2) is 58.9 Å². The van der Waals surface area contributed by atoms with Crippen molar-refractivity contribution in [3.05, 3.63) is 49.1 Å². The minimum Gasteiger partial charge on any atom is -0.357 e. The molecular formula is C20H29N5OS. The second-order valence-electron chi connectivity index (χ2n) is 6.89. The van der Waals surface area contributed by atoms with E-state index in [0.29, 0.717) is 24.3 Å². The Bertz CT molecular complexity index is 747. The van der Waals surface area contributed by atoms with Gasteiger partial charge in [0.2, 0.25) is 0 Å². The van der Waals surface area contributed by atoms with Crippen molar-refractivity contribution < 1.29 is 4.21 Å². The molecular weight excluding hydrogens is 358 g/mol. The lowest BCUT2D eigenvalue weighted by atomic mass is 9.93. The Morgan fingerprint density at radius 3 is 2.89 bits per heavy atom. The summed E-state index contributed by atoms with van der Waals surface area (Å²) in [7, 11) is -1.01. The maximum absolute atomic E-state index is 12.4. The molecule has 1 aromatic heterocycles. The van der Waals surface area contributed by atoms with E-state index < -0.39 is 10.8 Å². The summed E-state index contributed by atoms with van der Waals surface area (Å²) in [4.78, 5) is 12.1. The third-order valence-corrected chi connectivity index (χ3v) is 6.36. The highest BCUT2D eigenvalue weighted by atomic mass is 32.2. The number of hydrogen-bond donors (Lipinski definition) is 1. The fourth-order valence-electron chi connectivity index (χ4n) is 3.45. The zero-order chi connectivity index (χ0) is 19.1. The van der Waals surface area contributed by atoms with Crippen LogP contribution in [0, 0.1) is 5.92 Å². The predicted molar refractivity (Wildman–Crippen MR) is 110 cm³/mol. The van der Waals surface area contributed by atoms with Crippen molar-refractivity contribution in [1.82, 2.24) is 19.8 Å². The largest absolute Gasteiger partial charge is 0.357 e. The highest BCUT2D eigenvalue weighted by molar-refractivity contribution is 7.85. The molecule has 1 aliphatic heterocycles. The van der Waals surface area contributed by atoms with Crippen LogP contribution in [-0.2, 0) is 10.8 Å². The van der Waals surface area contributed by atoms with Gasteiger partial charge in [-0.1, -0.05) is 25.1 Å². The number of nitrogens with one attached hydrogen (secondary N) is 1. The number of likely N-dealkylation sites (tertiary alicyclic amines) is 1. The van der Waals surface area contributed by atoms with E-state index >= 15 is 0 Å². The molecule has 3 atom stereocenters. The summed E-state index contributed by atoms with van der Waals surface area (Å²) in [5, 5.41) is 3.40. The fraction of sp³-hybridized carbons (Fsp3) is 0.500. The van der Waals surface area contributed by atoms with Crippen LogP contribution in [-0.4, -0.2) is 56.6 Å². The third-order valence-electron chi connectivity index (χ3n) is 5.01. The summed E-state index contributed by atoms with van der Waals surface area (Å²) >= 11 is 0. The van der Waals surface area contributed by atoms with Crippen LogP contribution in [0.1, 0.15) is 26.3 Å². The van der Waals surface area contributed by atoms with E-state index in [0.717, 1.165) is 36.9 Å². The molecule has 3 rings (SSSR count).